The lowest BCUT2D eigenvalue weighted by atomic mass is 9.96. The van der Waals surface area contributed by atoms with E-state index in [4.69, 9.17) is 0 Å². The lowest BCUT2D eigenvalue weighted by Crippen LogP contribution is -2.48. The molecule has 2 N–H and O–H groups in total. The summed E-state index contributed by atoms with van der Waals surface area (Å²) in [5.41, 5.74) is 1.32. The van der Waals surface area contributed by atoms with Gasteiger partial charge < -0.3 is 15.5 Å². The maximum absolute atomic E-state index is 12.4. The fourth-order valence-electron chi connectivity index (χ4n) is 4.08. The molecular weight excluding hydrogens is 352 g/mol. The molecule has 1 aliphatic heterocycles. The van der Waals surface area contributed by atoms with Crippen molar-refractivity contribution in [1.29, 1.82) is 0 Å². The molecule has 0 bridgehead atoms. The molecule has 1 saturated heterocycles. The third kappa shape index (κ3) is 6.82. The van der Waals surface area contributed by atoms with Crippen LogP contribution in [0.5, 0.6) is 0 Å². The Morgan fingerprint density at radius 1 is 0.964 bits per heavy atom. The SMILES string of the molecule is O=C(NCCCC(=O)N1CCN(Cc2ccccc2)CC1)NC1CCCCC1. The van der Waals surface area contributed by atoms with Crippen LogP contribution >= 0.6 is 0 Å². The van der Waals surface area contributed by atoms with Gasteiger partial charge in [-0.3, -0.25) is 9.69 Å². The molecule has 28 heavy (non-hydrogen) atoms. The zero-order valence-corrected chi connectivity index (χ0v) is 16.9. The summed E-state index contributed by atoms with van der Waals surface area (Å²) in [6, 6.07) is 10.7. The molecule has 154 valence electrons. The second-order valence-electron chi connectivity index (χ2n) is 7.98. The molecule has 1 heterocycles. The predicted octanol–water partition coefficient (Wildman–Crippen LogP) is 2.74. The van der Waals surface area contributed by atoms with Gasteiger partial charge in [0.2, 0.25) is 5.91 Å². The first kappa shape index (κ1) is 20.6. The molecule has 1 aromatic carbocycles. The van der Waals surface area contributed by atoms with Crippen LogP contribution in [-0.4, -0.2) is 60.5 Å². The van der Waals surface area contributed by atoms with Gasteiger partial charge in [-0.2, -0.15) is 0 Å². The molecule has 1 aromatic rings. The highest BCUT2D eigenvalue weighted by molar-refractivity contribution is 5.76. The molecule has 3 amide bonds. The molecule has 0 atom stereocenters. The average Bonchev–Trinajstić information content (AvgIpc) is 2.73. The van der Waals surface area contributed by atoms with Gasteiger partial charge in [0.25, 0.3) is 0 Å². The minimum atomic E-state index is -0.0890. The predicted molar refractivity (Wildman–Crippen MR) is 111 cm³/mol. The molecular formula is C22H34N4O2. The summed E-state index contributed by atoms with van der Waals surface area (Å²) in [6.07, 6.45) is 7.06. The number of carbonyl (C=O) groups is 2. The molecule has 3 rings (SSSR count). The van der Waals surface area contributed by atoms with E-state index < -0.39 is 0 Å². The Balaban J connectivity index is 1.26. The normalized spacial score (nSPS) is 18.6. The van der Waals surface area contributed by atoms with E-state index in [-0.39, 0.29) is 11.9 Å². The van der Waals surface area contributed by atoms with Crippen molar-refractivity contribution < 1.29 is 9.59 Å². The Morgan fingerprint density at radius 2 is 1.68 bits per heavy atom. The van der Waals surface area contributed by atoms with E-state index in [2.05, 4.69) is 39.8 Å². The van der Waals surface area contributed by atoms with E-state index in [9.17, 15) is 9.59 Å². The Morgan fingerprint density at radius 3 is 2.39 bits per heavy atom. The summed E-state index contributed by atoms with van der Waals surface area (Å²) in [7, 11) is 0. The number of hydrogen-bond donors (Lipinski definition) is 2. The van der Waals surface area contributed by atoms with Crippen molar-refractivity contribution >= 4 is 11.9 Å². The third-order valence-electron chi connectivity index (χ3n) is 5.77. The second kappa shape index (κ2) is 11.1. The smallest absolute Gasteiger partial charge is 0.315 e. The van der Waals surface area contributed by atoms with Crippen molar-refractivity contribution in [2.75, 3.05) is 32.7 Å². The van der Waals surface area contributed by atoms with Gasteiger partial charge >= 0.3 is 6.03 Å². The quantitative estimate of drug-likeness (QED) is 0.708. The summed E-state index contributed by atoms with van der Waals surface area (Å²) >= 11 is 0. The van der Waals surface area contributed by atoms with Gasteiger partial charge in [-0.15, -0.1) is 0 Å². The Hall–Kier alpha value is -2.08. The molecule has 1 saturated carbocycles. The van der Waals surface area contributed by atoms with E-state index in [1.807, 2.05) is 11.0 Å². The van der Waals surface area contributed by atoms with Crippen molar-refractivity contribution in [3.63, 3.8) is 0 Å². The van der Waals surface area contributed by atoms with Crippen LogP contribution < -0.4 is 10.6 Å². The van der Waals surface area contributed by atoms with Gasteiger partial charge in [0.05, 0.1) is 0 Å². The van der Waals surface area contributed by atoms with Crippen LogP contribution in [0.15, 0.2) is 30.3 Å². The lowest BCUT2D eigenvalue weighted by molar-refractivity contribution is -0.133. The number of benzene rings is 1. The summed E-state index contributed by atoms with van der Waals surface area (Å²) < 4.78 is 0. The highest BCUT2D eigenvalue weighted by Gasteiger charge is 2.21. The first-order valence-corrected chi connectivity index (χ1v) is 10.8. The molecule has 1 aliphatic carbocycles. The number of piperazine rings is 1. The molecule has 2 fully saturated rings. The van der Waals surface area contributed by atoms with Crippen molar-refractivity contribution in [2.45, 2.75) is 57.5 Å². The Labute approximate surface area is 168 Å². The van der Waals surface area contributed by atoms with E-state index >= 15 is 0 Å². The van der Waals surface area contributed by atoms with Crippen LogP contribution in [0, 0.1) is 0 Å². The first-order valence-electron chi connectivity index (χ1n) is 10.8. The molecule has 0 spiro atoms. The number of urea groups is 1. The second-order valence-corrected chi connectivity index (χ2v) is 7.98. The van der Waals surface area contributed by atoms with Crippen molar-refractivity contribution in [2.24, 2.45) is 0 Å². The standard InChI is InChI=1S/C22H34N4O2/c27-21(12-7-13-23-22(28)24-20-10-5-2-6-11-20)26-16-14-25(15-17-26)18-19-8-3-1-4-9-19/h1,3-4,8-9,20H,2,5-7,10-18H2,(H2,23,24,28). The molecule has 0 unspecified atom stereocenters. The zero-order valence-electron chi connectivity index (χ0n) is 16.9. The fraction of sp³-hybridized carbons (Fsp3) is 0.636. The van der Waals surface area contributed by atoms with Crippen LogP contribution in [0.25, 0.3) is 0 Å². The fourth-order valence-corrected chi connectivity index (χ4v) is 4.08. The maximum Gasteiger partial charge on any atom is 0.315 e. The van der Waals surface area contributed by atoms with E-state index in [0.717, 1.165) is 45.6 Å². The number of hydrogen-bond acceptors (Lipinski definition) is 3. The van der Waals surface area contributed by atoms with Crippen LogP contribution in [0.2, 0.25) is 0 Å². The number of nitrogens with zero attached hydrogens (tertiary/aromatic N) is 2. The van der Waals surface area contributed by atoms with Crippen molar-refractivity contribution in [1.82, 2.24) is 20.4 Å². The average molecular weight is 387 g/mol. The minimum absolute atomic E-state index is 0.0890. The Bertz CT molecular complexity index is 608. The topological polar surface area (TPSA) is 64.7 Å². The summed E-state index contributed by atoms with van der Waals surface area (Å²) in [4.78, 5) is 28.7. The van der Waals surface area contributed by atoms with E-state index in [1.54, 1.807) is 0 Å². The number of carbonyl (C=O) groups excluding carboxylic acids is 2. The summed E-state index contributed by atoms with van der Waals surface area (Å²) in [6.45, 7) is 4.93. The summed E-state index contributed by atoms with van der Waals surface area (Å²) in [5, 5.41) is 5.94. The largest absolute Gasteiger partial charge is 0.340 e. The van der Waals surface area contributed by atoms with Crippen LogP contribution in [0.4, 0.5) is 4.79 Å². The van der Waals surface area contributed by atoms with Crippen LogP contribution in [0.3, 0.4) is 0 Å². The van der Waals surface area contributed by atoms with Gasteiger partial charge in [0.15, 0.2) is 0 Å². The molecule has 2 aliphatic rings. The van der Waals surface area contributed by atoms with E-state index in [1.165, 1.54) is 24.8 Å². The lowest BCUT2D eigenvalue weighted by Gasteiger charge is -2.34. The molecule has 6 nitrogen and oxygen atoms in total. The van der Waals surface area contributed by atoms with Gasteiger partial charge in [0.1, 0.15) is 0 Å². The third-order valence-corrected chi connectivity index (χ3v) is 5.77. The van der Waals surface area contributed by atoms with Crippen LogP contribution in [0.1, 0.15) is 50.5 Å². The monoisotopic (exact) mass is 386 g/mol. The first-order chi connectivity index (χ1) is 13.7. The number of rotatable bonds is 7. The van der Waals surface area contributed by atoms with Gasteiger partial charge in [-0.25, -0.2) is 4.79 Å². The van der Waals surface area contributed by atoms with Gasteiger partial charge in [-0.1, -0.05) is 49.6 Å². The molecule has 6 heteroatoms. The maximum atomic E-state index is 12.4. The summed E-state index contributed by atoms with van der Waals surface area (Å²) in [5.74, 6) is 0.203. The molecule has 0 aromatic heterocycles. The van der Waals surface area contributed by atoms with Crippen molar-refractivity contribution in [3.8, 4) is 0 Å². The van der Waals surface area contributed by atoms with E-state index in [0.29, 0.717) is 25.4 Å². The highest BCUT2D eigenvalue weighted by atomic mass is 16.2. The van der Waals surface area contributed by atoms with Gasteiger partial charge in [-0.05, 0) is 24.8 Å². The van der Waals surface area contributed by atoms with Gasteiger partial charge in [0, 0.05) is 51.7 Å². The minimum Gasteiger partial charge on any atom is -0.340 e. The van der Waals surface area contributed by atoms with Crippen molar-refractivity contribution in [3.05, 3.63) is 35.9 Å². The highest BCUT2D eigenvalue weighted by Crippen LogP contribution is 2.17. The number of amides is 3. The zero-order chi connectivity index (χ0) is 19.6. The number of nitrogens with one attached hydrogen (secondary N) is 2. The Kier molecular flexibility index (Phi) is 8.15. The molecule has 0 radical (unpaired) electrons. The van der Waals surface area contributed by atoms with Crippen LogP contribution in [-0.2, 0) is 11.3 Å².